The molecule has 1 N–H and O–H groups in total. The number of hydrogen-bond acceptors (Lipinski definition) is 2. The molecule has 3 atom stereocenters. The van der Waals surface area contributed by atoms with Crippen LogP contribution < -0.4 is 5.32 Å². The Bertz CT molecular complexity index is 246. The average molecular weight is 261 g/mol. The largest absolute Gasteiger partial charge is 0.342 e. The number of carbonyl (C=O) groups is 1. The van der Waals surface area contributed by atoms with Gasteiger partial charge in [-0.15, -0.1) is 12.4 Å². The highest BCUT2D eigenvalue weighted by atomic mass is 35.5. The van der Waals surface area contributed by atoms with Crippen molar-refractivity contribution in [2.75, 3.05) is 26.2 Å². The lowest BCUT2D eigenvalue weighted by Crippen LogP contribution is -2.36. The van der Waals surface area contributed by atoms with E-state index in [1.165, 1.54) is 12.8 Å². The Kier molecular flexibility index (Phi) is 5.74. The van der Waals surface area contributed by atoms with Gasteiger partial charge in [0.05, 0.1) is 0 Å². The first-order valence-corrected chi connectivity index (χ1v) is 6.72. The third kappa shape index (κ3) is 3.35. The topological polar surface area (TPSA) is 32.3 Å². The van der Waals surface area contributed by atoms with Crippen LogP contribution in [0.1, 0.15) is 33.1 Å². The summed E-state index contributed by atoms with van der Waals surface area (Å²) in [6, 6.07) is 0. The van der Waals surface area contributed by atoms with Gasteiger partial charge in [0, 0.05) is 19.0 Å². The maximum Gasteiger partial charge on any atom is 0.225 e. The molecule has 0 aliphatic carbocycles. The Balaban J connectivity index is 0.00000144. The Morgan fingerprint density at radius 1 is 1.29 bits per heavy atom. The van der Waals surface area contributed by atoms with Crippen LogP contribution in [0.2, 0.25) is 0 Å². The van der Waals surface area contributed by atoms with Crippen LogP contribution in [-0.2, 0) is 4.79 Å². The summed E-state index contributed by atoms with van der Waals surface area (Å²) in [5, 5.41) is 3.47. The van der Waals surface area contributed by atoms with E-state index in [0.717, 1.165) is 44.4 Å². The van der Waals surface area contributed by atoms with E-state index in [4.69, 9.17) is 0 Å². The van der Waals surface area contributed by atoms with Crippen molar-refractivity contribution in [2.45, 2.75) is 33.1 Å². The number of nitrogens with one attached hydrogen (secondary N) is 1. The monoisotopic (exact) mass is 260 g/mol. The Hall–Kier alpha value is -0.280. The maximum absolute atomic E-state index is 12.1. The van der Waals surface area contributed by atoms with E-state index < -0.39 is 0 Å². The minimum Gasteiger partial charge on any atom is -0.342 e. The summed E-state index contributed by atoms with van der Waals surface area (Å²) in [5.41, 5.74) is 0. The van der Waals surface area contributed by atoms with Gasteiger partial charge in [-0.3, -0.25) is 4.79 Å². The maximum atomic E-state index is 12.1. The molecule has 3 nitrogen and oxygen atoms in total. The smallest absolute Gasteiger partial charge is 0.225 e. The summed E-state index contributed by atoms with van der Waals surface area (Å²) in [7, 11) is 0. The van der Waals surface area contributed by atoms with Crippen LogP contribution in [0.3, 0.4) is 0 Å². The molecule has 4 heteroatoms. The molecule has 2 aliphatic rings. The minimum absolute atomic E-state index is 0. The molecule has 0 radical (unpaired) electrons. The Morgan fingerprint density at radius 3 is 2.29 bits per heavy atom. The van der Waals surface area contributed by atoms with E-state index in [-0.39, 0.29) is 18.3 Å². The van der Waals surface area contributed by atoms with Gasteiger partial charge in [0.15, 0.2) is 0 Å². The number of rotatable bonds is 2. The van der Waals surface area contributed by atoms with Crippen LogP contribution in [0, 0.1) is 17.8 Å². The molecule has 100 valence electrons. The third-order valence-corrected chi connectivity index (χ3v) is 4.36. The standard InChI is InChI=1S/C13H24N2O.ClH/c1-3-10(2)13(16)15-6-4-11-8-14-9-12(11)5-7-15;/h10-12,14H,3-9H2,1-2H3;1H/t10?,11-,12+;. The van der Waals surface area contributed by atoms with Crippen molar-refractivity contribution in [2.24, 2.45) is 17.8 Å². The summed E-state index contributed by atoms with van der Waals surface area (Å²) in [5.74, 6) is 2.20. The number of likely N-dealkylation sites (tertiary alicyclic amines) is 1. The predicted octanol–water partition coefficient (Wildman–Crippen LogP) is 1.91. The van der Waals surface area contributed by atoms with Gasteiger partial charge >= 0.3 is 0 Å². The van der Waals surface area contributed by atoms with E-state index in [0.29, 0.717) is 5.91 Å². The van der Waals surface area contributed by atoms with Gasteiger partial charge in [0.1, 0.15) is 0 Å². The normalized spacial score (nSPS) is 30.1. The molecule has 0 aromatic rings. The highest BCUT2D eigenvalue weighted by Gasteiger charge is 2.32. The molecular formula is C13H25ClN2O. The first-order chi connectivity index (χ1) is 7.72. The number of nitrogens with zero attached hydrogens (tertiary/aromatic N) is 1. The summed E-state index contributed by atoms with van der Waals surface area (Å²) < 4.78 is 0. The number of carbonyl (C=O) groups excluding carboxylic acids is 1. The van der Waals surface area contributed by atoms with Crippen molar-refractivity contribution in [3.8, 4) is 0 Å². The van der Waals surface area contributed by atoms with Crippen molar-refractivity contribution in [1.82, 2.24) is 10.2 Å². The fraction of sp³-hybridized carbons (Fsp3) is 0.923. The Labute approximate surface area is 111 Å². The van der Waals surface area contributed by atoms with E-state index in [9.17, 15) is 4.79 Å². The molecule has 0 aromatic carbocycles. The zero-order chi connectivity index (χ0) is 11.5. The fourth-order valence-electron chi connectivity index (χ4n) is 2.92. The van der Waals surface area contributed by atoms with Crippen molar-refractivity contribution < 1.29 is 4.79 Å². The van der Waals surface area contributed by atoms with Gasteiger partial charge < -0.3 is 10.2 Å². The average Bonchev–Trinajstić information content (AvgIpc) is 2.66. The van der Waals surface area contributed by atoms with Gasteiger partial charge in [0.25, 0.3) is 0 Å². The lowest BCUT2D eigenvalue weighted by Gasteiger charge is -2.24. The first kappa shape index (κ1) is 14.8. The molecule has 2 heterocycles. The number of fused-ring (bicyclic) bond motifs is 1. The lowest BCUT2D eigenvalue weighted by molar-refractivity contribution is -0.135. The second-order valence-electron chi connectivity index (χ2n) is 5.39. The SMILES string of the molecule is CCC(C)C(=O)N1CC[C@@H]2CNC[C@@H]2CC1.Cl. The van der Waals surface area contributed by atoms with E-state index in [2.05, 4.69) is 24.1 Å². The van der Waals surface area contributed by atoms with Crippen LogP contribution in [-0.4, -0.2) is 37.0 Å². The molecule has 0 spiro atoms. The molecule has 0 aromatic heterocycles. The summed E-state index contributed by atoms with van der Waals surface area (Å²) in [4.78, 5) is 14.2. The third-order valence-electron chi connectivity index (χ3n) is 4.36. The molecule has 2 rings (SSSR count). The summed E-state index contributed by atoms with van der Waals surface area (Å²) >= 11 is 0. The molecule has 2 fully saturated rings. The second kappa shape index (κ2) is 6.60. The molecule has 2 aliphatic heterocycles. The molecule has 2 saturated heterocycles. The zero-order valence-corrected chi connectivity index (χ0v) is 11.8. The Morgan fingerprint density at radius 2 is 1.82 bits per heavy atom. The van der Waals surface area contributed by atoms with E-state index in [1.54, 1.807) is 0 Å². The van der Waals surface area contributed by atoms with Gasteiger partial charge in [-0.2, -0.15) is 0 Å². The van der Waals surface area contributed by atoms with Crippen LogP contribution in [0.25, 0.3) is 0 Å². The van der Waals surface area contributed by atoms with Gasteiger partial charge in [-0.1, -0.05) is 13.8 Å². The highest BCUT2D eigenvalue weighted by molar-refractivity contribution is 5.85. The summed E-state index contributed by atoms with van der Waals surface area (Å²) in [6.07, 6.45) is 3.35. The number of amides is 1. The molecule has 1 unspecified atom stereocenters. The van der Waals surface area contributed by atoms with Crippen molar-refractivity contribution in [1.29, 1.82) is 0 Å². The number of hydrogen-bond donors (Lipinski definition) is 1. The van der Waals surface area contributed by atoms with Gasteiger partial charge in [0.2, 0.25) is 5.91 Å². The minimum atomic E-state index is 0. The predicted molar refractivity (Wildman–Crippen MR) is 72.4 cm³/mol. The number of halogens is 1. The first-order valence-electron chi connectivity index (χ1n) is 6.72. The fourth-order valence-corrected chi connectivity index (χ4v) is 2.92. The van der Waals surface area contributed by atoms with Crippen LogP contribution >= 0.6 is 12.4 Å². The lowest BCUT2D eigenvalue weighted by atomic mass is 9.92. The van der Waals surface area contributed by atoms with Crippen LogP contribution in [0.15, 0.2) is 0 Å². The quantitative estimate of drug-likeness (QED) is 0.823. The van der Waals surface area contributed by atoms with Gasteiger partial charge in [-0.25, -0.2) is 0 Å². The zero-order valence-electron chi connectivity index (χ0n) is 10.9. The van der Waals surface area contributed by atoms with Crippen LogP contribution in [0.5, 0.6) is 0 Å². The second-order valence-corrected chi connectivity index (χ2v) is 5.39. The molecular weight excluding hydrogens is 236 g/mol. The van der Waals surface area contributed by atoms with Crippen molar-refractivity contribution in [3.05, 3.63) is 0 Å². The molecule has 1 amide bonds. The molecule has 17 heavy (non-hydrogen) atoms. The van der Waals surface area contributed by atoms with Crippen molar-refractivity contribution >= 4 is 18.3 Å². The summed E-state index contributed by atoms with van der Waals surface area (Å²) in [6.45, 7) is 8.43. The van der Waals surface area contributed by atoms with Gasteiger partial charge in [-0.05, 0) is 44.2 Å². The highest BCUT2D eigenvalue weighted by Crippen LogP contribution is 2.27. The van der Waals surface area contributed by atoms with Crippen molar-refractivity contribution in [3.63, 3.8) is 0 Å². The van der Waals surface area contributed by atoms with E-state index >= 15 is 0 Å². The van der Waals surface area contributed by atoms with E-state index in [1.807, 2.05) is 0 Å². The molecule has 0 saturated carbocycles. The van der Waals surface area contributed by atoms with Crippen LogP contribution in [0.4, 0.5) is 0 Å². The molecule has 0 bridgehead atoms.